The third kappa shape index (κ3) is 2.61. The summed E-state index contributed by atoms with van der Waals surface area (Å²) in [6, 6.07) is 7.40. The number of benzene rings is 1. The average molecular weight is 262 g/mol. The molecule has 0 aliphatic carbocycles. The molecule has 0 spiro atoms. The van der Waals surface area contributed by atoms with Gasteiger partial charge in [0.15, 0.2) is 0 Å². The van der Waals surface area contributed by atoms with Crippen LogP contribution in [-0.2, 0) is 9.59 Å². The maximum Gasteiger partial charge on any atom is 0.247 e. The Labute approximate surface area is 112 Å². The molecule has 1 saturated heterocycles. The predicted octanol–water partition coefficient (Wildman–Crippen LogP) is 0.587. The number of carbonyl (C=O) groups is 2. The highest BCUT2D eigenvalue weighted by Crippen LogP contribution is 2.28. The zero-order valence-corrected chi connectivity index (χ0v) is 11.2. The molecular formula is C14H18N2O3. The molecule has 1 aliphatic rings. The lowest BCUT2D eigenvalue weighted by Gasteiger charge is -2.33. The van der Waals surface area contributed by atoms with Gasteiger partial charge in [0.25, 0.3) is 0 Å². The van der Waals surface area contributed by atoms with Crippen molar-refractivity contribution in [2.45, 2.75) is 12.8 Å². The largest absolute Gasteiger partial charge is 0.396 e. The highest BCUT2D eigenvalue weighted by Gasteiger charge is 2.30. The molecule has 1 aromatic rings. The van der Waals surface area contributed by atoms with Gasteiger partial charge in [-0.3, -0.25) is 9.59 Å². The Morgan fingerprint density at radius 1 is 1.21 bits per heavy atom. The zero-order chi connectivity index (χ0) is 14.0. The van der Waals surface area contributed by atoms with Crippen LogP contribution in [0.1, 0.15) is 18.4 Å². The van der Waals surface area contributed by atoms with Crippen molar-refractivity contribution in [2.24, 2.45) is 0 Å². The number of aliphatic hydroxyl groups is 1. The second-order valence-electron chi connectivity index (χ2n) is 4.87. The molecule has 0 saturated carbocycles. The van der Waals surface area contributed by atoms with Crippen LogP contribution < -0.4 is 4.90 Å². The summed E-state index contributed by atoms with van der Waals surface area (Å²) in [5.74, 6) is -0.246. The third-order valence-electron chi connectivity index (χ3n) is 3.42. The van der Waals surface area contributed by atoms with E-state index in [1.165, 1.54) is 9.80 Å². The summed E-state index contributed by atoms with van der Waals surface area (Å²) in [5.41, 5.74) is 1.60. The third-order valence-corrected chi connectivity index (χ3v) is 3.42. The van der Waals surface area contributed by atoms with E-state index < -0.39 is 0 Å². The van der Waals surface area contributed by atoms with Crippen molar-refractivity contribution in [1.82, 2.24) is 4.90 Å². The predicted molar refractivity (Wildman–Crippen MR) is 71.9 cm³/mol. The first kappa shape index (κ1) is 13.5. The van der Waals surface area contributed by atoms with Crippen LogP contribution >= 0.6 is 0 Å². The lowest BCUT2D eigenvalue weighted by Crippen LogP contribution is -2.52. The molecule has 1 atom stereocenters. The van der Waals surface area contributed by atoms with E-state index in [4.69, 9.17) is 0 Å². The molecule has 0 aromatic heterocycles. The van der Waals surface area contributed by atoms with E-state index in [1.54, 1.807) is 7.05 Å². The van der Waals surface area contributed by atoms with Gasteiger partial charge in [-0.25, -0.2) is 0 Å². The fourth-order valence-corrected chi connectivity index (χ4v) is 2.19. The normalized spacial score (nSPS) is 17.8. The molecule has 1 aromatic carbocycles. The molecule has 19 heavy (non-hydrogen) atoms. The molecule has 1 unspecified atom stereocenters. The number of amides is 2. The van der Waals surface area contributed by atoms with E-state index in [0.717, 1.165) is 11.3 Å². The summed E-state index contributed by atoms with van der Waals surface area (Å²) >= 11 is 0. The number of likely N-dealkylation sites (N-methyl/N-ethyl adjacent to an activating group) is 1. The summed E-state index contributed by atoms with van der Waals surface area (Å²) < 4.78 is 0. The van der Waals surface area contributed by atoms with Crippen LogP contribution in [0.3, 0.4) is 0 Å². The molecule has 5 heteroatoms. The highest BCUT2D eigenvalue weighted by atomic mass is 16.3. The lowest BCUT2D eigenvalue weighted by molar-refractivity contribution is -0.136. The molecule has 0 radical (unpaired) electrons. The van der Waals surface area contributed by atoms with Crippen LogP contribution in [0.4, 0.5) is 5.69 Å². The number of nitrogens with zero attached hydrogens (tertiary/aromatic N) is 2. The average Bonchev–Trinajstić information content (AvgIpc) is 2.42. The van der Waals surface area contributed by atoms with Crippen molar-refractivity contribution in [1.29, 1.82) is 0 Å². The summed E-state index contributed by atoms with van der Waals surface area (Å²) in [6.07, 6.45) is 0. The summed E-state index contributed by atoms with van der Waals surface area (Å²) in [6.45, 7) is 2.05. The number of rotatable bonds is 3. The van der Waals surface area contributed by atoms with Crippen molar-refractivity contribution in [3.8, 4) is 0 Å². The second-order valence-corrected chi connectivity index (χ2v) is 4.87. The van der Waals surface area contributed by atoms with Gasteiger partial charge < -0.3 is 14.9 Å². The molecule has 1 heterocycles. The Hall–Kier alpha value is -1.88. The van der Waals surface area contributed by atoms with Crippen LogP contribution in [0.25, 0.3) is 0 Å². The van der Waals surface area contributed by atoms with E-state index in [0.29, 0.717) is 0 Å². The fraction of sp³-hybridized carbons (Fsp3) is 0.429. The molecule has 2 amide bonds. The Kier molecular flexibility index (Phi) is 3.85. The first-order valence-corrected chi connectivity index (χ1v) is 6.28. The number of piperazine rings is 1. The minimum Gasteiger partial charge on any atom is -0.396 e. The first-order valence-electron chi connectivity index (χ1n) is 6.28. The first-order chi connectivity index (χ1) is 9.04. The van der Waals surface area contributed by atoms with E-state index in [2.05, 4.69) is 0 Å². The van der Waals surface area contributed by atoms with Gasteiger partial charge in [-0.15, -0.1) is 0 Å². The van der Waals surface area contributed by atoms with Crippen molar-refractivity contribution in [3.63, 3.8) is 0 Å². The summed E-state index contributed by atoms with van der Waals surface area (Å²) in [7, 11) is 1.62. The molecule has 2 rings (SSSR count). The van der Waals surface area contributed by atoms with Gasteiger partial charge >= 0.3 is 0 Å². The Morgan fingerprint density at radius 2 is 1.89 bits per heavy atom. The van der Waals surface area contributed by atoms with Crippen LogP contribution in [-0.4, -0.2) is 48.6 Å². The molecule has 0 bridgehead atoms. The van der Waals surface area contributed by atoms with Crippen LogP contribution in [0.15, 0.2) is 24.3 Å². The number of aliphatic hydroxyl groups excluding tert-OH is 1. The van der Waals surface area contributed by atoms with Crippen molar-refractivity contribution < 1.29 is 14.7 Å². The van der Waals surface area contributed by atoms with Gasteiger partial charge in [0.05, 0.1) is 6.54 Å². The van der Waals surface area contributed by atoms with E-state index >= 15 is 0 Å². The van der Waals surface area contributed by atoms with E-state index in [-0.39, 0.29) is 37.4 Å². The number of hydrogen-bond acceptors (Lipinski definition) is 3. The van der Waals surface area contributed by atoms with Crippen molar-refractivity contribution in [3.05, 3.63) is 29.8 Å². The molecule has 1 aliphatic heterocycles. The number of anilines is 1. The van der Waals surface area contributed by atoms with Gasteiger partial charge in [0.1, 0.15) is 6.54 Å². The number of carbonyl (C=O) groups excluding carboxylic acids is 2. The van der Waals surface area contributed by atoms with Gasteiger partial charge in [-0.05, 0) is 11.6 Å². The fourth-order valence-electron chi connectivity index (χ4n) is 2.19. The van der Waals surface area contributed by atoms with E-state index in [1.807, 2.05) is 31.2 Å². The lowest BCUT2D eigenvalue weighted by atomic mass is 9.99. The van der Waals surface area contributed by atoms with Gasteiger partial charge in [0.2, 0.25) is 11.8 Å². The van der Waals surface area contributed by atoms with Crippen LogP contribution in [0, 0.1) is 0 Å². The van der Waals surface area contributed by atoms with Crippen LogP contribution in [0.5, 0.6) is 0 Å². The Morgan fingerprint density at radius 3 is 2.58 bits per heavy atom. The topological polar surface area (TPSA) is 60.9 Å². The smallest absolute Gasteiger partial charge is 0.247 e. The molecule has 102 valence electrons. The Balaban J connectivity index is 2.36. The molecule has 1 fully saturated rings. The maximum absolute atomic E-state index is 12.1. The van der Waals surface area contributed by atoms with Crippen LogP contribution in [0.2, 0.25) is 0 Å². The van der Waals surface area contributed by atoms with Gasteiger partial charge in [-0.2, -0.15) is 0 Å². The minimum absolute atomic E-state index is 0.00684. The molecule has 1 N–H and O–H groups in total. The van der Waals surface area contributed by atoms with Gasteiger partial charge in [-0.1, -0.05) is 25.1 Å². The monoisotopic (exact) mass is 262 g/mol. The SMILES string of the molecule is CC(CO)c1ccccc1N1CC(=O)N(C)CC1=O. The zero-order valence-electron chi connectivity index (χ0n) is 11.2. The highest BCUT2D eigenvalue weighted by molar-refractivity contribution is 6.04. The quantitative estimate of drug-likeness (QED) is 0.867. The summed E-state index contributed by atoms with van der Waals surface area (Å²) in [4.78, 5) is 26.8. The maximum atomic E-state index is 12.1. The molecular weight excluding hydrogens is 244 g/mol. The minimum atomic E-state index is -0.0975. The van der Waals surface area contributed by atoms with E-state index in [9.17, 15) is 14.7 Å². The second kappa shape index (κ2) is 5.40. The molecule has 5 nitrogen and oxygen atoms in total. The standard InChI is InChI=1S/C14H18N2O3/c1-10(9-17)11-5-3-4-6-12(11)16-8-13(18)15(2)7-14(16)19/h3-6,10,17H,7-9H2,1-2H3. The Bertz CT molecular complexity index is 501. The van der Waals surface area contributed by atoms with Crippen molar-refractivity contribution >= 4 is 17.5 Å². The van der Waals surface area contributed by atoms with Crippen molar-refractivity contribution in [2.75, 3.05) is 31.6 Å². The van der Waals surface area contributed by atoms with Gasteiger partial charge in [0, 0.05) is 25.3 Å². The number of hydrogen-bond donors (Lipinski definition) is 1. The number of para-hydroxylation sites is 1. The summed E-state index contributed by atoms with van der Waals surface area (Å²) in [5, 5.41) is 9.29.